The van der Waals surface area contributed by atoms with Crippen LogP contribution < -0.4 is 0 Å². The monoisotopic (exact) mass is 258 g/mol. The van der Waals surface area contributed by atoms with Gasteiger partial charge in [-0.25, -0.2) is 4.39 Å². The average Bonchev–Trinajstić information content (AvgIpc) is 2.84. The summed E-state index contributed by atoms with van der Waals surface area (Å²) in [4.78, 5) is 13.4. The lowest BCUT2D eigenvalue weighted by Crippen LogP contribution is -2.11. The van der Waals surface area contributed by atoms with Crippen LogP contribution in [0.15, 0.2) is 41.3 Å². The predicted molar refractivity (Wildman–Crippen MR) is 71.3 cm³/mol. The van der Waals surface area contributed by atoms with Crippen LogP contribution >= 0.6 is 11.3 Å². The number of rotatable bonds is 1. The quantitative estimate of drug-likeness (QED) is 0.704. The molecule has 1 heterocycles. The number of ketones is 1. The molecule has 3 heteroatoms. The van der Waals surface area contributed by atoms with Gasteiger partial charge in [0.15, 0.2) is 5.78 Å². The van der Waals surface area contributed by atoms with Gasteiger partial charge in [0.2, 0.25) is 0 Å². The summed E-state index contributed by atoms with van der Waals surface area (Å²) >= 11 is 1.64. The molecule has 18 heavy (non-hydrogen) atoms. The molecule has 1 aliphatic rings. The van der Waals surface area contributed by atoms with E-state index in [1.54, 1.807) is 23.5 Å². The molecule has 1 aromatic carbocycles. The summed E-state index contributed by atoms with van der Waals surface area (Å²) in [5, 5.41) is 1.96. The Hall–Kier alpha value is -1.74. The summed E-state index contributed by atoms with van der Waals surface area (Å²) in [5.74, 6) is -0.144. The number of aryl methyl sites for hydroxylation is 1. The molecule has 1 aromatic heterocycles. The molecule has 0 N–H and O–H groups in total. The number of carbonyl (C=O) groups excluding carboxylic acids is 1. The number of hydrogen-bond acceptors (Lipinski definition) is 2. The maximum atomic E-state index is 12.8. The number of halogens is 1. The van der Waals surface area contributed by atoms with E-state index in [-0.39, 0.29) is 11.6 Å². The van der Waals surface area contributed by atoms with Gasteiger partial charge in [-0.15, -0.1) is 11.3 Å². The number of thiophene rings is 1. The molecule has 1 nitrogen and oxygen atoms in total. The maximum absolute atomic E-state index is 12.8. The number of benzene rings is 1. The minimum atomic E-state index is -0.257. The van der Waals surface area contributed by atoms with Gasteiger partial charge in [-0.05, 0) is 48.1 Å². The van der Waals surface area contributed by atoms with Crippen LogP contribution in [0.2, 0.25) is 0 Å². The topological polar surface area (TPSA) is 17.1 Å². The lowest BCUT2D eigenvalue weighted by atomic mass is 9.91. The van der Waals surface area contributed by atoms with Crippen LogP contribution in [-0.2, 0) is 6.42 Å². The first-order valence-corrected chi connectivity index (χ1v) is 6.69. The van der Waals surface area contributed by atoms with Crippen LogP contribution in [-0.4, -0.2) is 5.78 Å². The van der Waals surface area contributed by atoms with Crippen molar-refractivity contribution < 1.29 is 9.18 Å². The van der Waals surface area contributed by atoms with Crippen LogP contribution in [0, 0.1) is 5.82 Å². The molecular weight excluding hydrogens is 247 g/mol. The second-order valence-electron chi connectivity index (χ2n) is 4.31. The van der Waals surface area contributed by atoms with Gasteiger partial charge in [0.1, 0.15) is 5.82 Å². The number of allylic oxidation sites excluding steroid dienone is 1. The largest absolute Gasteiger partial charge is 0.289 e. The van der Waals surface area contributed by atoms with Gasteiger partial charge in [0.25, 0.3) is 0 Å². The molecule has 3 rings (SSSR count). The van der Waals surface area contributed by atoms with Crippen molar-refractivity contribution in [2.24, 2.45) is 0 Å². The third-order valence-corrected chi connectivity index (χ3v) is 4.09. The highest BCUT2D eigenvalue weighted by Gasteiger charge is 2.22. The Bertz CT molecular complexity index is 622. The standard InChI is InChI=1S/C15H11FOS/c16-12-4-1-10(2-5-12)9-11-3-6-14-13(15(11)17)7-8-18-14/h1-2,4-5,7-9H,3,6H2/b11-9+. The normalized spacial score (nSPS) is 16.9. The predicted octanol–water partition coefficient (Wildman–Crippen LogP) is 4.10. The van der Waals surface area contributed by atoms with Crippen molar-refractivity contribution in [3.05, 3.63) is 63.1 Å². The second kappa shape index (κ2) is 4.50. The van der Waals surface area contributed by atoms with E-state index >= 15 is 0 Å². The SMILES string of the molecule is O=C1/C(=C/c2ccc(F)cc2)CCc2sccc21. The van der Waals surface area contributed by atoms with E-state index in [4.69, 9.17) is 0 Å². The molecular formula is C15H11FOS. The molecule has 2 aromatic rings. The van der Waals surface area contributed by atoms with Crippen LogP contribution in [0.5, 0.6) is 0 Å². The molecule has 0 aliphatic heterocycles. The molecule has 0 fully saturated rings. The molecule has 90 valence electrons. The first-order valence-electron chi connectivity index (χ1n) is 5.81. The zero-order valence-corrected chi connectivity index (χ0v) is 10.5. The van der Waals surface area contributed by atoms with Crippen molar-refractivity contribution in [3.63, 3.8) is 0 Å². The molecule has 0 spiro atoms. The van der Waals surface area contributed by atoms with Crippen molar-refractivity contribution in [1.82, 2.24) is 0 Å². The molecule has 0 bridgehead atoms. The van der Waals surface area contributed by atoms with Gasteiger partial charge in [0.05, 0.1) is 0 Å². The molecule has 0 radical (unpaired) electrons. The van der Waals surface area contributed by atoms with Gasteiger partial charge < -0.3 is 0 Å². The molecule has 0 atom stereocenters. The Balaban J connectivity index is 1.95. The summed E-state index contributed by atoms with van der Waals surface area (Å²) in [6.45, 7) is 0. The molecule has 0 unspecified atom stereocenters. The van der Waals surface area contributed by atoms with Crippen molar-refractivity contribution in [1.29, 1.82) is 0 Å². The first-order chi connectivity index (χ1) is 8.74. The summed E-state index contributed by atoms with van der Waals surface area (Å²) in [6, 6.07) is 8.10. The lowest BCUT2D eigenvalue weighted by Gasteiger charge is -2.13. The van der Waals surface area contributed by atoms with Crippen molar-refractivity contribution >= 4 is 23.2 Å². The lowest BCUT2D eigenvalue weighted by molar-refractivity contribution is 0.102. The fourth-order valence-corrected chi connectivity index (χ4v) is 3.05. The zero-order valence-electron chi connectivity index (χ0n) is 9.65. The molecule has 0 saturated heterocycles. The summed E-state index contributed by atoms with van der Waals surface area (Å²) < 4.78 is 12.8. The van der Waals surface area contributed by atoms with Gasteiger partial charge in [-0.2, -0.15) is 0 Å². The van der Waals surface area contributed by atoms with E-state index in [0.717, 1.165) is 29.5 Å². The van der Waals surface area contributed by atoms with Gasteiger partial charge in [-0.1, -0.05) is 12.1 Å². The number of carbonyl (C=O) groups is 1. The van der Waals surface area contributed by atoms with E-state index in [1.165, 1.54) is 17.0 Å². The summed E-state index contributed by atoms with van der Waals surface area (Å²) in [6.07, 6.45) is 3.55. The molecule has 0 saturated carbocycles. The second-order valence-corrected chi connectivity index (χ2v) is 5.31. The number of Topliss-reactive ketones (excluding diaryl/α,β-unsaturated/α-hetero) is 1. The summed E-state index contributed by atoms with van der Waals surface area (Å²) in [7, 11) is 0. The van der Waals surface area contributed by atoms with Crippen LogP contribution in [0.25, 0.3) is 6.08 Å². The van der Waals surface area contributed by atoms with Crippen molar-refractivity contribution in [2.75, 3.05) is 0 Å². The Kier molecular flexibility index (Phi) is 2.84. The molecule has 1 aliphatic carbocycles. The smallest absolute Gasteiger partial charge is 0.190 e. The maximum Gasteiger partial charge on any atom is 0.190 e. The fraction of sp³-hybridized carbons (Fsp3) is 0.133. The minimum Gasteiger partial charge on any atom is -0.289 e. The molecule has 0 amide bonds. The Morgan fingerprint density at radius 1 is 1.11 bits per heavy atom. The number of hydrogen-bond donors (Lipinski definition) is 0. The van der Waals surface area contributed by atoms with E-state index < -0.39 is 0 Å². The first kappa shape index (κ1) is 11.4. The van der Waals surface area contributed by atoms with Crippen LogP contribution in [0.4, 0.5) is 4.39 Å². The third kappa shape index (κ3) is 2.02. The zero-order chi connectivity index (χ0) is 12.5. The van der Waals surface area contributed by atoms with E-state index in [1.807, 2.05) is 17.5 Å². The summed E-state index contributed by atoms with van der Waals surface area (Å²) in [5.41, 5.74) is 2.52. The van der Waals surface area contributed by atoms with E-state index in [9.17, 15) is 9.18 Å². The average molecular weight is 258 g/mol. The highest BCUT2D eigenvalue weighted by atomic mass is 32.1. The van der Waals surface area contributed by atoms with Gasteiger partial charge >= 0.3 is 0 Å². The Morgan fingerprint density at radius 2 is 1.89 bits per heavy atom. The Morgan fingerprint density at radius 3 is 2.67 bits per heavy atom. The fourth-order valence-electron chi connectivity index (χ4n) is 2.17. The van der Waals surface area contributed by atoms with Crippen molar-refractivity contribution in [2.45, 2.75) is 12.8 Å². The highest BCUT2D eigenvalue weighted by molar-refractivity contribution is 7.10. The van der Waals surface area contributed by atoms with E-state index in [2.05, 4.69) is 0 Å². The van der Waals surface area contributed by atoms with Gasteiger partial charge in [0, 0.05) is 16.0 Å². The highest BCUT2D eigenvalue weighted by Crippen LogP contribution is 2.30. The Labute approximate surface area is 109 Å². The third-order valence-electron chi connectivity index (χ3n) is 3.11. The van der Waals surface area contributed by atoms with Crippen molar-refractivity contribution in [3.8, 4) is 0 Å². The number of fused-ring (bicyclic) bond motifs is 1. The minimum absolute atomic E-state index is 0.113. The van der Waals surface area contributed by atoms with Crippen LogP contribution in [0.3, 0.4) is 0 Å². The van der Waals surface area contributed by atoms with Crippen LogP contribution in [0.1, 0.15) is 27.2 Å². The van der Waals surface area contributed by atoms with Gasteiger partial charge in [-0.3, -0.25) is 4.79 Å². The van der Waals surface area contributed by atoms with E-state index in [0.29, 0.717) is 0 Å².